The van der Waals surface area contributed by atoms with E-state index in [1.807, 2.05) is 37.4 Å². The summed E-state index contributed by atoms with van der Waals surface area (Å²) in [4.78, 5) is 26.4. The van der Waals surface area contributed by atoms with Crippen molar-refractivity contribution in [3.63, 3.8) is 0 Å². The predicted molar refractivity (Wildman–Crippen MR) is 122 cm³/mol. The standard InChI is InChI=1S/C24H27N5O2/c1-3-16-5-12-22(25-14-16)28-23-13-21(20(15-26-23)24(30)29-31-4-2)27-19-10-8-18(9-11-19)17-6-7-17/h5,8-15,17H,3-4,6-7H2,1-2H3,(H,29,30)(H2,25,26,27,28). The molecule has 7 nitrogen and oxygen atoms in total. The van der Waals surface area contributed by atoms with E-state index in [4.69, 9.17) is 4.84 Å². The van der Waals surface area contributed by atoms with Crippen LogP contribution in [-0.2, 0) is 11.3 Å². The average molecular weight is 418 g/mol. The third-order valence-corrected chi connectivity index (χ3v) is 5.19. The van der Waals surface area contributed by atoms with Gasteiger partial charge in [0, 0.05) is 24.1 Å². The maximum Gasteiger partial charge on any atom is 0.278 e. The molecule has 0 radical (unpaired) electrons. The highest BCUT2D eigenvalue weighted by Crippen LogP contribution is 2.40. The Morgan fingerprint density at radius 1 is 1.00 bits per heavy atom. The van der Waals surface area contributed by atoms with Gasteiger partial charge < -0.3 is 10.6 Å². The fraction of sp³-hybridized carbons (Fsp3) is 0.292. The lowest BCUT2D eigenvalue weighted by atomic mass is 10.1. The van der Waals surface area contributed by atoms with Crippen molar-refractivity contribution in [2.75, 3.05) is 17.2 Å². The lowest BCUT2D eigenvalue weighted by molar-refractivity contribution is 0.0365. The number of carbonyl (C=O) groups is 1. The zero-order valence-electron chi connectivity index (χ0n) is 17.8. The number of anilines is 4. The maximum absolute atomic E-state index is 12.6. The van der Waals surface area contributed by atoms with E-state index in [1.165, 1.54) is 30.2 Å². The van der Waals surface area contributed by atoms with Crippen molar-refractivity contribution in [3.8, 4) is 0 Å². The Kier molecular flexibility index (Phi) is 6.43. The molecule has 160 valence electrons. The van der Waals surface area contributed by atoms with Gasteiger partial charge in [0.25, 0.3) is 5.91 Å². The highest BCUT2D eigenvalue weighted by molar-refractivity contribution is 6.00. The fourth-order valence-electron chi connectivity index (χ4n) is 3.25. The molecule has 0 unspecified atom stereocenters. The molecule has 0 saturated heterocycles. The van der Waals surface area contributed by atoms with Crippen LogP contribution < -0.4 is 16.1 Å². The van der Waals surface area contributed by atoms with Crippen molar-refractivity contribution in [3.05, 3.63) is 71.5 Å². The van der Waals surface area contributed by atoms with Gasteiger partial charge in [-0.2, -0.15) is 0 Å². The molecule has 1 amide bonds. The van der Waals surface area contributed by atoms with Crippen molar-refractivity contribution in [1.82, 2.24) is 15.4 Å². The van der Waals surface area contributed by atoms with Crippen molar-refractivity contribution in [2.45, 2.75) is 39.0 Å². The van der Waals surface area contributed by atoms with Crippen LogP contribution in [0, 0.1) is 0 Å². The second-order valence-corrected chi connectivity index (χ2v) is 7.53. The number of carbonyl (C=O) groups excluding carboxylic acids is 1. The first-order valence-electron chi connectivity index (χ1n) is 10.7. The molecule has 4 rings (SSSR count). The first-order chi connectivity index (χ1) is 15.2. The number of nitrogens with one attached hydrogen (secondary N) is 3. The molecule has 0 aliphatic heterocycles. The van der Waals surface area contributed by atoms with E-state index in [0.717, 1.165) is 12.1 Å². The van der Waals surface area contributed by atoms with Gasteiger partial charge in [0.2, 0.25) is 0 Å². The summed E-state index contributed by atoms with van der Waals surface area (Å²) in [5.74, 6) is 1.62. The summed E-state index contributed by atoms with van der Waals surface area (Å²) in [7, 11) is 0. The average Bonchev–Trinajstić information content (AvgIpc) is 3.64. The number of amides is 1. The minimum Gasteiger partial charge on any atom is -0.355 e. The maximum atomic E-state index is 12.6. The van der Waals surface area contributed by atoms with Crippen molar-refractivity contribution in [2.24, 2.45) is 0 Å². The molecule has 3 N–H and O–H groups in total. The molecule has 1 aromatic carbocycles. The van der Waals surface area contributed by atoms with Crippen LogP contribution in [0.25, 0.3) is 0 Å². The number of benzene rings is 1. The number of aryl methyl sites for hydroxylation is 1. The molecule has 7 heteroatoms. The molecule has 1 aliphatic rings. The van der Waals surface area contributed by atoms with Crippen molar-refractivity contribution >= 4 is 28.9 Å². The number of aromatic nitrogens is 2. The van der Waals surface area contributed by atoms with Gasteiger partial charge in [0.05, 0.1) is 17.9 Å². The van der Waals surface area contributed by atoms with Crippen LogP contribution in [0.4, 0.5) is 23.0 Å². The predicted octanol–water partition coefficient (Wildman–Crippen LogP) is 5.08. The van der Waals surface area contributed by atoms with E-state index >= 15 is 0 Å². The number of pyridine rings is 2. The van der Waals surface area contributed by atoms with Gasteiger partial charge in [0.1, 0.15) is 11.6 Å². The molecule has 2 aromatic heterocycles. The molecule has 0 atom stereocenters. The number of hydrogen-bond acceptors (Lipinski definition) is 6. The highest BCUT2D eigenvalue weighted by Gasteiger charge is 2.23. The van der Waals surface area contributed by atoms with Gasteiger partial charge in [-0.3, -0.25) is 9.63 Å². The number of nitrogens with zero attached hydrogens (tertiary/aromatic N) is 2. The minimum atomic E-state index is -0.358. The number of hydrogen-bond donors (Lipinski definition) is 3. The van der Waals surface area contributed by atoms with Gasteiger partial charge in [-0.15, -0.1) is 0 Å². The van der Waals surface area contributed by atoms with Crippen LogP contribution in [0.2, 0.25) is 0 Å². The summed E-state index contributed by atoms with van der Waals surface area (Å²) >= 11 is 0. The third kappa shape index (κ3) is 5.38. The highest BCUT2D eigenvalue weighted by atomic mass is 16.6. The lowest BCUT2D eigenvalue weighted by Crippen LogP contribution is -2.24. The lowest BCUT2D eigenvalue weighted by Gasteiger charge is -2.14. The van der Waals surface area contributed by atoms with Gasteiger partial charge in [-0.1, -0.05) is 25.1 Å². The second-order valence-electron chi connectivity index (χ2n) is 7.53. The zero-order valence-corrected chi connectivity index (χ0v) is 17.8. The fourth-order valence-corrected chi connectivity index (χ4v) is 3.25. The topological polar surface area (TPSA) is 88.2 Å². The molecule has 0 bridgehead atoms. The summed E-state index contributed by atoms with van der Waals surface area (Å²) in [6.07, 6.45) is 6.83. The Bertz CT molecular complexity index is 1030. The van der Waals surface area contributed by atoms with E-state index in [9.17, 15) is 4.79 Å². The summed E-state index contributed by atoms with van der Waals surface area (Å²) in [5.41, 5.74) is 6.88. The Labute approximate surface area is 182 Å². The van der Waals surface area contributed by atoms with Gasteiger partial charge >= 0.3 is 0 Å². The van der Waals surface area contributed by atoms with Crippen LogP contribution >= 0.6 is 0 Å². The molecule has 0 spiro atoms. The third-order valence-electron chi connectivity index (χ3n) is 5.19. The molecule has 1 saturated carbocycles. The van der Waals surface area contributed by atoms with Crippen molar-refractivity contribution < 1.29 is 9.63 Å². The van der Waals surface area contributed by atoms with Crippen LogP contribution in [0.1, 0.15) is 54.1 Å². The van der Waals surface area contributed by atoms with Crippen molar-refractivity contribution in [1.29, 1.82) is 0 Å². The van der Waals surface area contributed by atoms with E-state index in [-0.39, 0.29) is 5.91 Å². The smallest absolute Gasteiger partial charge is 0.278 e. The van der Waals surface area contributed by atoms with E-state index < -0.39 is 0 Å². The summed E-state index contributed by atoms with van der Waals surface area (Å²) in [6, 6.07) is 14.1. The first kappa shape index (κ1) is 20.8. The minimum absolute atomic E-state index is 0.358. The van der Waals surface area contributed by atoms with E-state index in [1.54, 1.807) is 6.07 Å². The zero-order chi connectivity index (χ0) is 21.6. The molecule has 2 heterocycles. The largest absolute Gasteiger partial charge is 0.355 e. The van der Waals surface area contributed by atoms with Crippen LogP contribution in [0.15, 0.2) is 54.9 Å². The summed E-state index contributed by atoms with van der Waals surface area (Å²) in [6.45, 7) is 4.28. The van der Waals surface area contributed by atoms with Gasteiger partial charge in [-0.05, 0) is 61.4 Å². The number of rotatable bonds is 9. The summed E-state index contributed by atoms with van der Waals surface area (Å²) in [5, 5.41) is 6.54. The van der Waals surface area contributed by atoms with E-state index in [0.29, 0.717) is 35.4 Å². The summed E-state index contributed by atoms with van der Waals surface area (Å²) < 4.78 is 0. The van der Waals surface area contributed by atoms with Crippen LogP contribution in [0.5, 0.6) is 0 Å². The molecule has 31 heavy (non-hydrogen) atoms. The quantitative estimate of drug-likeness (QED) is 0.421. The van der Waals surface area contributed by atoms with Gasteiger partial charge in [0.15, 0.2) is 0 Å². The second kappa shape index (κ2) is 9.57. The number of hydroxylamine groups is 1. The Hall–Kier alpha value is -3.45. The first-order valence-corrected chi connectivity index (χ1v) is 10.7. The monoisotopic (exact) mass is 417 g/mol. The van der Waals surface area contributed by atoms with Gasteiger partial charge in [-0.25, -0.2) is 15.4 Å². The SMILES string of the molecule is CCONC(=O)c1cnc(Nc2ccc(CC)cn2)cc1Nc1ccc(C2CC2)cc1. The van der Waals surface area contributed by atoms with E-state index in [2.05, 4.69) is 45.1 Å². The Balaban J connectivity index is 1.57. The normalized spacial score (nSPS) is 13.0. The van der Waals surface area contributed by atoms with Crippen LogP contribution in [-0.4, -0.2) is 22.5 Å². The molecule has 1 fully saturated rings. The molecule has 1 aliphatic carbocycles. The Morgan fingerprint density at radius 3 is 2.42 bits per heavy atom. The molecular formula is C24H27N5O2. The van der Waals surface area contributed by atoms with Crippen LogP contribution in [0.3, 0.4) is 0 Å². The molecular weight excluding hydrogens is 390 g/mol. The Morgan fingerprint density at radius 2 is 1.77 bits per heavy atom. The molecule has 3 aromatic rings.